The number of methoxy groups -OCH3 is 1. The largest absolute Gasteiger partial charge is 0.493 e. The van der Waals surface area contributed by atoms with Crippen LogP contribution in [0.5, 0.6) is 11.5 Å². The highest BCUT2D eigenvalue weighted by molar-refractivity contribution is 9.10. The Labute approximate surface area is 213 Å². The Balaban J connectivity index is 1.55. The number of halogens is 3. The maximum Gasteiger partial charge on any atom is 0.293 e. The van der Waals surface area contributed by atoms with Crippen molar-refractivity contribution in [1.29, 1.82) is 0 Å². The van der Waals surface area contributed by atoms with Crippen LogP contribution in [0.4, 0.5) is 9.18 Å². The first-order valence-corrected chi connectivity index (χ1v) is 12.1. The number of rotatable bonds is 7. The van der Waals surface area contributed by atoms with Gasteiger partial charge in [-0.3, -0.25) is 14.5 Å². The number of hydrogen-bond donors (Lipinski definition) is 0. The first-order valence-electron chi connectivity index (χ1n) is 10.1. The Kier molecular flexibility index (Phi) is 7.60. The summed E-state index contributed by atoms with van der Waals surface area (Å²) in [5.74, 6) is 0.0357. The number of carbonyl (C=O) groups excluding carboxylic acids is 2. The molecule has 0 N–H and O–H groups in total. The monoisotopic (exact) mass is 561 g/mol. The van der Waals surface area contributed by atoms with Gasteiger partial charge in [0.2, 0.25) is 0 Å². The molecule has 3 aromatic carbocycles. The molecule has 3 aromatic rings. The summed E-state index contributed by atoms with van der Waals surface area (Å²) in [4.78, 5) is 26.8. The lowest BCUT2D eigenvalue weighted by molar-refractivity contribution is -0.123. The molecular weight excluding hydrogens is 545 g/mol. The number of hydrogen-bond acceptors (Lipinski definition) is 5. The van der Waals surface area contributed by atoms with Crippen molar-refractivity contribution in [3.05, 3.63) is 97.6 Å². The van der Waals surface area contributed by atoms with E-state index in [9.17, 15) is 14.0 Å². The van der Waals surface area contributed by atoms with Crippen LogP contribution in [-0.4, -0.2) is 23.2 Å². The van der Waals surface area contributed by atoms with Gasteiger partial charge in [-0.25, -0.2) is 4.39 Å². The molecular formula is C25H18BrClFNO4S. The van der Waals surface area contributed by atoms with Gasteiger partial charge in [0.05, 0.1) is 23.0 Å². The summed E-state index contributed by atoms with van der Waals surface area (Å²) in [6.45, 7) is 0.111. The maximum atomic E-state index is 13.9. The Morgan fingerprint density at radius 2 is 1.79 bits per heavy atom. The standard InChI is InChI=1S/C25H18BrClFNO4S/c1-32-21-11-15(10-18(26)23(21)33-14-17-7-3-5-9-20(17)28)12-22-24(30)29(25(31)34-22)13-16-6-2-4-8-19(16)27/h2-12H,13-14H2,1H3/b22-12-. The molecule has 5 nitrogen and oxygen atoms in total. The first kappa shape index (κ1) is 24.3. The average molecular weight is 563 g/mol. The lowest BCUT2D eigenvalue weighted by atomic mass is 10.1. The molecule has 2 amide bonds. The van der Waals surface area contributed by atoms with E-state index >= 15 is 0 Å². The van der Waals surface area contributed by atoms with Crippen molar-refractivity contribution in [1.82, 2.24) is 4.90 Å². The number of carbonyl (C=O) groups is 2. The molecule has 0 unspecified atom stereocenters. The van der Waals surface area contributed by atoms with Gasteiger partial charge < -0.3 is 9.47 Å². The molecule has 1 aliphatic rings. The van der Waals surface area contributed by atoms with Crippen molar-refractivity contribution < 1.29 is 23.5 Å². The third-order valence-electron chi connectivity index (χ3n) is 5.04. The third-order valence-corrected chi connectivity index (χ3v) is 6.90. The quantitative estimate of drug-likeness (QED) is 0.288. The molecule has 0 aromatic heterocycles. The van der Waals surface area contributed by atoms with Crippen molar-refractivity contribution in [3.63, 3.8) is 0 Å². The Morgan fingerprint density at radius 3 is 2.50 bits per heavy atom. The molecule has 0 atom stereocenters. The molecule has 34 heavy (non-hydrogen) atoms. The fourth-order valence-electron chi connectivity index (χ4n) is 3.31. The molecule has 1 heterocycles. The normalized spacial score (nSPS) is 14.7. The van der Waals surface area contributed by atoms with Gasteiger partial charge in [-0.1, -0.05) is 48.0 Å². The van der Waals surface area contributed by atoms with E-state index in [2.05, 4.69) is 15.9 Å². The molecule has 9 heteroatoms. The summed E-state index contributed by atoms with van der Waals surface area (Å²) in [6.07, 6.45) is 1.62. The molecule has 0 bridgehead atoms. The van der Waals surface area contributed by atoms with Crippen LogP contribution in [0.25, 0.3) is 6.08 Å². The fraction of sp³-hybridized carbons (Fsp3) is 0.120. The molecule has 0 saturated carbocycles. The number of ether oxygens (including phenoxy) is 2. The molecule has 4 rings (SSSR count). The van der Waals surface area contributed by atoms with Crippen LogP contribution >= 0.6 is 39.3 Å². The molecule has 0 aliphatic carbocycles. The minimum Gasteiger partial charge on any atom is -0.493 e. The summed E-state index contributed by atoms with van der Waals surface area (Å²) in [6, 6.07) is 16.9. The van der Waals surface area contributed by atoms with E-state index in [0.717, 1.165) is 16.7 Å². The van der Waals surface area contributed by atoms with Gasteiger partial charge in [-0.05, 0) is 69.2 Å². The zero-order valence-corrected chi connectivity index (χ0v) is 21.0. The minimum absolute atomic E-state index is 0.0158. The van der Waals surface area contributed by atoms with Crippen LogP contribution < -0.4 is 9.47 Å². The molecule has 1 aliphatic heterocycles. The van der Waals surface area contributed by atoms with Gasteiger partial charge in [-0.2, -0.15) is 0 Å². The predicted molar refractivity (Wildman–Crippen MR) is 134 cm³/mol. The van der Waals surface area contributed by atoms with Crippen LogP contribution in [0, 0.1) is 5.82 Å². The Hall–Kier alpha value is -2.81. The SMILES string of the molecule is COc1cc(/C=C2\SC(=O)N(Cc3ccccc3Cl)C2=O)cc(Br)c1OCc1ccccc1F. The van der Waals surface area contributed by atoms with E-state index in [-0.39, 0.29) is 29.1 Å². The van der Waals surface area contributed by atoms with Gasteiger partial charge in [0, 0.05) is 10.6 Å². The van der Waals surface area contributed by atoms with E-state index in [1.807, 2.05) is 0 Å². The van der Waals surface area contributed by atoms with Crippen LogP contribution in [0.2, 0.25) is 5.02 Å². The van der Waals surface area contributed by atoms with Crippen LogP contribution in [-0.2, 0) is 17.9 Å². The fourth-order valence-corrected chi connectivity index (χ4v) is 4.92. The van der Waals surface area contributed by atoms with Crippen molar-refractivity contribution in [2.24, 2.45) is 0 Å². The van der Waals surface area contributed by atoms with Crippen molar-refractivity contribution in [2.45, 2.75) is 13.2 Å². The van der Waals surface area contributed by atoms with Crippen LogP contribution in [0.3, 0.4) is 0 Å². The zero-order chi connectivity index (χ0) is 24.2. The number of nitrogens with zero attached hydrogens (tertiary/aromatic N) is 1. The van der Waals surface area contributed by atoms with Crippen LogP contribution in [0.15, 0.2) is 70.0 Å². The van der Waals surface area contributed by atoms with Gasteiger partial charge in [-0.15, -0.1) is 0 Å². The molecule has 0 radical (unpaired) electrons. The second-order valence-electron chi connectivity index (χ2n) is 7.27. The smallest absolute Gasteiger partial charge is 0.293 e. The van der Waals surface area contributed by atoms with Gasteiger partial charge in [0.25, 0.3) is 11.1 Å². The van der Waals surface area contributed by atoms with E-state index in [1.54, 1.807) is 60.7 Å². The van der Waals surface area contributed by atoms with Crippen LogP contribution in [0.1, 0.15) is 16.7 Å². The second-order valence-corrected chi connectivity index (χ2v) is 9.53. The van der Waals surface area contributed by atoms with E-state index < -0.39 is 5.91 Å². The van der Waals surface area contributed by atoms with Gasteiger partial charge in [0.1, 0.15) is 12.4 Å². The van der Waals surface area contributed by atoms with E-state index in [1.165, 1.54) is 13.2 Å². The predicted octanol–water partition coefficient (Wildman–Crippen LogP) is 7.07. The van der Waals surface area contributed by atoms with Gasteiger partial charge in [0.15, 0.2) is 11.5 Å². The minimum atomic E-state index is -0.398. The Bertz CT molecular complexity index is 1300. The van der Waals surface area contributed by atoms with Crippen molar-refractivity contribution >= 4 is 56.5 Å². The highest BCUT2D eigenvalue weighted by atomic mass is 79.9. The first-order chi connectivity index (χ1) is 16.4. The number of amides is 2. The summed E-state index contributed by atoms with van der Waals surface area (Å²) >= 11 is 10.5. The number of imide groups is 1. The molecule has 174 valence electrons. The summed E-state index contributed by atoms with van der Waals surface area (Å²) in [5.41, 5.74) is 1.73. The lowest BCUT2D eigenvalue weighted by Crippen LogP contribution is -2.27. The maximum absolute atomic E-state index is 13.9. The number of thioether (sulfide) groups is 1. The lowest BCUT2D eigenvalue weighted by Gasteiger charge is -2.14. The molecule has 1 fully saturated rings. The van der Waals surface area contributed by atoms with E-state index in [0.29, 0.717) is 37.7 Å². The van der Waals surface area contributed by atoms with E-state index in [4.69, 9.17) is 21.1 Å². The topological polar surface area (TPSA) is 55.8 Å². The van der Waals surface area contributed by atoms with Gasteiger partial charge >= 0.3 is 0 Å². The summed E-state index contributed by atoms with van der Waals surface area (Å²) in [7, 11) is 1.49. The third kappa shape index (κ3) is 5.29. The zero-order valence-electron chi connectivity index (χ0n) is 17.9. The van der Waals surface area contributed by atoms with Crippen molar-refractivity contribution in [3.8, 4) is 11.5 Å². The summed E-state index contributed by atoms with van der Waals surface area (Å²) in [5, 5.41) is 0.122. The highest BCUT2D eigenvalue weighted by Crippen LogP contribution is 2.40. The second kappa shape index (κ2) is 10.6. The highest BCUT2D eigenvalue weighted by Gasteiger charge is 2.35. The molecule has 0 spiro atoms. The average Bonchev–Trinajstić information content (AvgIpc) is 3.07. The summed E-state index contributed by atoms with van der Waals surface area (Å²) < 4.78 is 25.7. The van der Waals surface area contributed by atoms with Crippen molar-refractivity contribution in [2.75, 3.05) is 7.11 Å². The molecule has 1 saturated heterocycles. The number of benzene rings is 3. The Morgan fingerprint density at radius 1 is 1.09 bits per heavy atom.